The van der Waals surface area contributed by atoms with Crippen LogP contribution >= 0.6 is 11.3 Å². The van der Waals surface area contributed by atoms with Crippen molar-refractivity contribution in [3.63, 3.8) is 0 Å². The molecule has 1 aromatic carbocycles. The lowest BCUT2D eigenvalue weighted by Gasteiger charge is -2.15. The largest absolute Gasteiger partial charge is 0.397 e. The Bertz CT molecular complexity index is 678. The van der Waals surface area contributed by atoms with Gasteiger partial charge in [-0.2, -0.15) is 0 Å². The monoisotopic (exact) mass is 291 g/mol. The number of rotatable bonds is 3. The first kappa shape index (κ1) is 14.3. The van der Waals surface area contributed by atoms with Gasteiger partial charge < -0.3 is 16.0 Å². The standard InChI is InChI=1S/C14H17N3O2S/c1-8-4-5-9-10(6-8)20-13(12(9)15)14(19)17(3)7-11(18)16-2/h4-6H,7,15H2,1-3H3,(H,16,18). The zero-order valence-electron chi connectivity index (χ0n) is 11.7. The van der Waals surface area contributed by atoms with Crippen LogP contribution in [-0.4, -0.2) is 37.4 Å². The summed E-state index contributed by atoms with van der Waals surface area (Å²) in [5, 5.41) is 3.38. The third-order valence-corrected chi connectivity index (χ3v) is 4.24. The molecule has 20 heavy (non-hydrogen) atoms. The van der Waals surface area contributed by atoms with Crippen LogP contribution in [-0.2, 0) is 4.79 Å². The van der Waals surface area contributed by atoms with E-state index in [-0.39, 0.29) is 18.4 Å². The first-order valence-corrected chi connectivity index (χ1v) is 7.00. The minimum Gasteiger partial charge on any atom is -0.397 e. The minimum absolute atomic E-state index is 0.0159. The maximum Gasteiger partial charge on any atom is 0.266 e. The molecular formula is C14H17N3O2S. The predicted octanol–water partition coefficient (Wildman–Crippen LogP) is 1.61. The molecular weight excluding hydrogens is 274 g/mol. The van der Waals surface area contributed by atoms with Crippen LogP contribution in [0.15, 0.2) is 18.2 Å². The molecule has 0 atom stereocenters. The second kappa shape index (κ2) is 5.50. The average Bonchev–Trinajstić information content (AvgIpc) is 2.74. The van der Waals surface area contributed by atoms with Crippen molar-refractivity contribution in [1.29, 1.82) is 0 Å². The number of nitrogens with one attached hydrogen (secondary N) is 1. The molecule has 0 fully saturated rings. The van der Waals surface area contributed by atoms with Gasteiger partial charge in [-0.25, -0.2) is 0 Å². The predicted molar refractivity (Wildman–Crippen MR) is 82.0 cm³/mol. The average molecular weight is 291 g/mol. The highest BCUT2D eigenvalue weighted by molar-refractivity contribution is 7.21. The lowest BCUT2D eigenvalue weighted by atomic mass is 10.1. The quantitative estimate of drug-likeness (QED) is 0.902. The minimum atomic E-state index is -0.232. The Hall–Kier alpha value is -2.08. The second-order valence-electron chi connectivity index (χ2n) is 4.68. The maximum atomic E-state index is 12.3. The Morgan fingerprint density at radius 2 is 2.10 bits per heavy atom. The van der Waals surface area contributed by atoms with Gasteiger partial charge in [0.05, 0.1) is 12.2 Å². The third-order valence-electron chi connectivity index (χ3n) is 3.08. The summed E-state index contributed by atoms with van der Waals surface area (Å²) in [6.45, 7) is 2.01. The number of carbonyl (C=O) groups is 2. The summed E-state index contributed by atoms with van der Waals surface area (Å²) in [6, 6.07) is 5.89. The van der Waals surface area contributed by atoms with Crippen molar-refractivity contribution < 1.29 is 9.59 Å². The molecule has 0 aliphatic carbocycles. The molecule has 3 N–H and O–H groups in total. The molecule has 0 spiro atoms. The molecule has 5 nitrogen and oxygen atoms in total. The van der Waals surface area contributed by atoms with E-state index in [0.29, 0.717) is 10.6 Å². The number of amides is 2. The van der Waals surface area contributed by atoms with Crippen molar-refractivity contribution in [2.75, 3.05) is 26.4 Å². The number of fused-ring (bicyclic) bond motifs is 1. The normalized spacial score (nSPS) is 10.6. The van der Waals surface area contributed by atoms with E-state index in [2.05, 4.69) is 5.32 Å². The Morgan fingerprint density at radius 1 is 1.40 bits per heavy atom. The fourth-order valence-electron chi connectivity index (χ4n) is 1.92. The van der Waals surface area contributed by atoms with Gasteiger partial charge in [0.25, 0.3) is 5.91 Å². The van der Waals surface area contributed by atoms with Crippen LogP contribution < -0.4 is 11.1 Å². The Morgan fingerprint density at radius 3 is 2.75 bits per heavy atom. The molecule has 106 valence electrons. The van der Waals surface area contributed by atoms with Crippen molar-refractivity contribution in [2.24, 2.45) is 0 Å². The van der Waals surface area contributed by atoms with Crippen LogP contribution in [0.25, 0.3) is 10.1 Å². The van der Waals surface area contributed by atoms with Gasteiger partial charge in [-0.3, -0.25) is 9.59 Å². The van der Waals surface area contributed by atoms with Crippen molar-refractivity contribution >= 4 is 38.9 Å². The first-order chi connectivity index (χ1) is 9.43. The van der Waals surface area contributed by atoms with Gasteiger partial charge in [-0.15, -0.1) is 11.3 Å². The summed E-state index contributed by atoms with van der Waals surface area (Å²) in [5.74, 6) is -0.443. The van der Waals surface area contributed by atoms with E-state index >= 15 is 0 Å². The fourth-order valence-corrected chi connectivity index (χ4v) is 3.14. The highest BCUT2D eigenvalue weighted by atomic mass is 32.1. The molecule has 0 aliphatic heterocycles. The van der Waals surface area contributed by atoms with Crippen LogP contribution in [0.1, 0.15) is 15.2 Å². The second-order valence-corrected chi connectivity index (χ2v) is 5.73. The van der Waals surface area contributed by atoms with Crippen molar-refractivity contribution in [3.05, 3.63) is 28.6 Å². The summed E-state index contributed by atoms with van der Waals surface area (Å²) in [7, 11) is 3.13. The number of nitrogens with two attached hydrogens (primary N) is 1. The van der Waals surface area contributed by atoms with Gasteiger partial charge in [-0.05, 0) is 18.6 Å². The fraction of sp³-hybridized carbons (Fsp3) is 0.286. The molecule has 6 heteroatoms. The third kappa shape index (κ3) is 2.60. The van der Waals surface area contributed by atoms with Gasteiger partial charge in [0.2, 0.25) is 5.91 Å². The van der Waals surface area contributed by atoms with Crippen molar-refractivity contribution in [3.8, 4) is 0 Å². The van der Waals surface area contributed by atoms with Crippen molar-refractivity contribution in [1.82, 2.24) is 10.2 Å². The molecule has 2 amide bonds. The van der Waals surface area contributed by atoms with E-state index < -0.39 is 0 Å². The number of nitrogen functional groups attached to an aromatic ring is 1. The van der Waals surface area contributed by atoms with Gasteiger partial charge in [-0.1, -0.05) is 12.1 Å². The van der Waals surface area contributed by atoms with Crippen LogP contribution in [0.2, 0.25) is 0 Å². The number of hydrogen-bond donors (Lipinski definition) is 2. The summed E-state index contributed by atoms with van der Waals surface area (Å²) in [6.07, 6.45) is 0. The Kier molecular flexibility index (Phi) is 3.94. The molecule has 2 rings (SSSR count). The molecule has 0 bridgehead atoms. The molecule has 0 saturated heterocycles. The molecule has 0 aliphatic rings. The topological polar surface area (TPSA) is 75.4 Å². The van der Waals surface area contributed by atoms with E-state index in [1.54, 1.807) is 7.05 Å². The zero-order chi connectivity index (χ0) is 14.9. The SMILES string of the molecule is CNC(=O)CN(C)C(=O)c1sc2cc(C)ccc2c1N. The summed E-state index contributed by atoms with van der Waals surface area (Å²) >= 11 is 1.36. The molecule has 0 unspecified atom stereocenters. The number of carbonyl (C=O) groups excluding carboxylic acids is 2. The molecule has 1 heterocycles. The molecule has 1 aromatic heterocycles. The Balaban J connectivity index is 2.35. The van der Waals surface area contributed by atoms with Gasteiger partial charge in [0.1, 0.15) is 4.88 Å². The van der Waals surface area contributed by atoms with Crippen LogP contribution in [0.3, 0.4) is 0 Å². The molecule has 0 radical (unpaired) electrons. The highest BCUT2D eigenvalue weighted by Crippen LogP contribution is 2.34. The van der Waals surface area contributed by atoms with Crippen LogP contribution in [0.5, 0.6) is 0 Å². The van der Waals surface area contributed by atoms with Gasteiger partial charge >= 0.3 is 0 Å². The van der Waals surface area contributed by atoms with E-state index in [0.717, 1.165) is 15.6 Å². The highest BCUT2D eigenvalue weighted by Gasteiger charge is 2.20. The zero-order valence-corrected chi connectivity index (χ0v) is 12.5. The van der Waals surface area contributed by atoms with Crippen LogP contribution in [0.4, 0.5) is 5.69 Å². The number of likely N-dealkylation sites (N-methyl/N-ethyl adjacent to an activating group) is 2. The number of benzene rings is 1. The Labute approximate surface area is 121 Å². The number of thiophene rings is 1. The van der Waals surface area contributed by atoms with E-state index in [9.17, 15) is 9.59 Å². The van der Waals surface area contributed by atoms with E-state index in [1.165, 1.54) is 23.3 Å². The number of hydrogen-bond acceptors (Lipinski definition) is 4. The molecule has 2 aromatic rings. The number of aryl methyl sites for hydroxylation is 1. The maximum absolute atomic E-state index is 12.3. The van der Waals surface area contributed by atoms with E-state index in [1.807, 2.05) is 25.1 Å². The number of nitrogens with zero attached hydrogens (tertiary/aromatic N) is 1. The molecule has 0 saturated carbocycles. The van der Waals surface area contributed by atoms with E-state index in [4.69, 9.17) is 5.73 Å². The first-order valence-electron chi connectivity index (χ1n) is 6.18. The van der Waals surface area contributed by atoms with Gasteiger partial charge in [0, 0.05) is 24.2 Å². The summed E-state index contributed by atoms with van der Waals surface area (Å²) < 4.78 is 0.985. The van der Waals surface area contributed by atoms with Crippen LogP contribution in [0, 0.1) is 6.92 Å². The van der Waals surface area contributed by atoms with Crippen molar-refractivity contribution in [2.45, 2.75) is 6.92 Å². The smallest absolute Gasteiger partial charge is 0.266 e. The van der Waals surface area contributed by atoms with Gasteiger partial charge in [0.15, 0.2) is 0 Å². The summed E-state index contributed by atoms with van der Waals surface area (Å²) in [5.41, 5.74) is 7.66. The summed E-state index contributed by atoms with van der Waals surface area (Å²) in [4.78, 5) is 25.5. The number of anilines is 1. The lowest BCUT2D eigenvalue weighted by molar-refractivity contribution is -0.121. The lowest BCUT2D eigenvalue weighted by Crippen LogP contribution is -2.36.